The quantitative estimate of drug-likeness (QED) is 0.659. The molecule has 0 atom stereocenters. The second-order valence-corrected chi connectivity index (χ2v) is 5.74. The molecule has 0 unspecified atom stereocenters. The summed E-state index contributed by atoms with van der Waals surface area (Å²) >= 11 is 7.21. The highest BCUT2D eigenvalue weighted by Gasteiger charge is 2.20. The number of rotatable bonds is 5. The summed E-state index contributed by atoms with van der Waals surface area (Å²) in [5.41, 5.74) is 0.944. The van der Waals surface area contributed by atoms with Crippen molar-refractivity contribution in [3.63, 3.8) is 0 Å². The van der Waals surface area contributed by atoms with Crippen molar-refractivity contribution in [3.05, 3.63) is 29.8 Å². The average Bonchev–Trinajstić information content (AvgIpc) is 2.27. The molecule has 0 radical (unpaired) electrons. The molecule has 0 aliphatic heterocycles. The van der Waals surface area contributed by atoms with Crippen LogP contribution in [0, 0.1) is 0 Å². The van der Waals surface area contributed by atoms with Gasteiger partial charge in [0.15, 0.2) is 0 Å². The molecule has 1 amide bonds. The monoisotopic (exact) mass is 271 g/mol. The van der Waals surface area contributed by atoms with Crippen molar-refractivity contribution < 1.29 is 4.79 Å². The van der Waals surface area contributed by atoms with Crippen LogP contribution in [0.4, 0.5) is 0 Å². The van der Waals surface area contributed by atoms with Crippen molar-refractivity contribution in [3.8, 4) is 0 Å². The molecule has 0 heterocycles. The first-order valence-corrected chi connectivity index (χ1v) is 7.23. The topological polar surface area (TPSA) is 29.1 Å². The molecule has 4 heteroatoms. The molecule has 0 aromatic heterocycles. The predicted octanol–water partition coefficient (Wildman–Crippen LogP) is 3.08. The minimum atomic E-state index is -0.275. The van der Waals surface area contributed by atoms with Gasteiger partial charge >= 0.3 is 0 Å². The maximum atomic E-state index is 11.3. The lowest BCUT2D eigenvalue weighted by atomic mass is 9.95. The summed E-state index contributed by atoms with van der Waals surface area (Å²) in [7, 11) is 0. The highest BCUT2D eigenvalue weighted by Crippen LogP contribution is 2.19. The zero-order valence-electron chi connectivity index (χ0n) is 10.4. The van der Waals surface area contributed by atoms with E-state index in [-0.39, 0.29) is 17.3 Å². The largest absolute Gasteiger partial charge is 0.350 e. The Hall–Kier alpha value is -0.670. The second kappa shape index (κ2) is 6.31. The van der Waals surface area contributed by atoms with Gasteiger partial charge < -0.3 is 5.32 Å². The third-order valence-electron chi connectivity index (χ3n) is 2.38. The van der Waals surface area contributed by atoms with E-state index in [1.165, 1.54) is 10.5 Å². The highest BCUT2D eigenvalue weighted by molar-refractivity contribution is 7.98. The van der Waals surface area contributed by atoms with E-state index < -0.39 is 0 Å². The molecule has 94 valence electrons. The van der Waals surface area contributed by atoms with Crippen LogP contribution in [0.15, 0.2) is 29.2 Å². The molecular weight excluding hydrogens is 254 g/mol. The molecule has 2 nitrogen and oxygen atoms in total. The Bertz CT molecular complexity index is 393. The minimum absolute atomic E-state index is 0.00822. The lowest BCUT2D eigenvalue weighted by Gasteiger charge is -2.26. The Kier molecular flexibility index (Phi) is 5.34. The fourth-order valence-electron chi connectivity index (χ4n) is 1.75. The van der Waals surface area contributed by atoms with Gasteiger partial charge in [0.2, 0.25) is 5.91 Å². The van der Waals surface area contributed by atoms with Gasteiger partial charge in [-0.1, -0.05) is 12.1 Å². The van der Waals surface area contributed by atoms with Crippen LogP contribution in [-0.2, 0) is 11.2 Å². The zero-order chi connectivity index (χ0) is 12.9. The molecule has 0 saturated heterocycles. The Labute approximate surface area is 112 Å². The molecule has 1 rings (SSSR count). The molecule has 1 N–H and O–H groups in total. The van der Waals surface area contributed by atoms with Crippen LogP contribution in [-0.4, -0.2) is 23.6 Å². The van der Waals surface area contributed by atoms with Crippen molar-refractivity contribution in [2.75, 3.05) is 12.1 Å². The summed E-state index contributed by atoms with van der Waals surface area (Å²) in [6.07, 6.45) is 2.85. The number of hydrogen-bond acceptors (Lipinski definition) is 2. The summed E-state index contributed by atoms with van der Waals surface area (Å²) in [4.78, 5) is 12.5. The lowest BCUT2D eigenvalue weighted by Crippen LogP contribution is -2.45. The van der Waals surface area contributed by atoms with Crippen LogP contribution in [0.3, 0.4) is 0 Å². The SMILES string of the molecule is CSc1cccc(CC(C)(C)NC(=O)CCl)c1. The second-order valence-electron chi connectivity index (χ2n) is 4.59. The molecule has 1 aromatic rings. The Morgan fingerprint density at radius 2 is 2.18 bits per heavy atom. The van der Waals surface area contributed by atoms with Gasteiger partial charge in [0, 0.05) is 10.4 Å². The van der Waals surface area contributed by atoms with E-state index in [4.69, 9.17) is 11.6 Å². The third-order valence-corrected chi connectivity index (χ3v) is 3.35. The normalized spacial score (nSPS) is 11.3. The Morgan fingerprint density at radius 1 is 1.47 bits per heavy atom. The van der Waals surface area contributed by atoms with Crippen molar-refractivity contribution in [1.82, 2.24) is 5.32 Å². The first kappa shape index (κ1) is 14.4. The molecule has 0 bridgehead atoms. The summed E-state index contributed by atoms with van der Waals surface area (Å²) < 4.78 is 0. The fraction of sp³-hybridized carbons (Fsp3) is 0.462. The number of halogens is 1. The molecule has 0 aliphatic carbocycles. The summed E-state index contributed by atoms with van der Waals surface area (Å²) in [6, 6.07) is 8.35. The van der Waals surface area contributed by atoms with Gasteiger partial charge in [-0.15, -0.1) is 23.4 Å². The van der Waals surface area contributed by atoms with Crippen molar-refractivity contribution in [2.45, 2.75) is 30.7 Å². The Morgan fingerprint density at radius 3 is 2.76 bits per heavy atom. The van der Waals surface area contributed by atoms with E-state index in [0.717, 1.165) is 6.42 Å². The van der Waals surface area contributed by atoms with Crippen LogP contribution in [0.25, 0.3) is 0 Å². The maximum absolute atomic E-state index is 11.3. The molecule has 0 aliphatic rings. The number of thioether (sulfide) groups is 1. The molecule has 0 saturated carbocycles. The van der Waals surface area contributed by atoms with Gasteiger partial charge in [-0.3, -0.25) is 4.79 Å². The van der Waals surface area contributed by atoms with Crippen molar-refractivity contribution in [2.24, 2.45) is 0 Å². The minimum Gasteiger partial charge on any atom is -0.350 e. The first-order chi connectivity index (χ1) is 7.96. The van der Waals surface area contributed by atoms with E-state index in [2.05, 4.69) is 29.8 Å². The number of benzene rings is 1. The first-order valence-electron chi connectivity index (χ1n) is 5.47. The van der Waals surface area contributed by atoms with E-state index in [0.29, 0.717) is 0 Å². The van der Waals surface area contributed by atoms with E-state index in [1.54, 1.807) is 11.8 Å². The standard InChI is InChI=1S/C13H18ClNOS/c1-13(2,15-12(16)9-14)8-10-5-4-6-11(7-10)17-3/h4-7H,8-9H2,1-3H3,(H,15,16). The molecule has 0 spiro atoms. The van der Waals surface area contributed by atoms with E-state index in [9.17, 15) is 4.79 Å². The van der Waals surface area contributed by atoms with Crippen LogP contribution in [0.2, 0.25) is 0 Å². The van der Waals surface area contributed by atoms with Crippen LogP contribution < -0.4 is 5.32 Å². The summed E-state index contributed by atoms with van der Waals surface area (Å²) in [6.45, 7) is 4.01. The van der Waals surface area contributed by atoms with Crippen LogP contribution in [0.1, 0.15) is 19.4 Å². The Balaban J connectivity index is 2.71. The predicted molar refractivity (Wildman–Crippen MR) is 74.9 cm³/mol. The molecule has 0 fully saturated rings. The molecule has 1 aromatic carbocycles. The summed E-state index contributed by atoms with van der Waals surface area (Å²) in [5, 5.41) is 2.91. The fourth-order valence-corrected chi connectivity index (χ4v) is 2.30. The highest BCUT2D eigenvalue weighted by atomic mass is 35.5. The maximum Gasteiger partial charge on any atom is 0.235 e. The molecule has 17 heavy (non-hydrogen) atoms. The van der Waals surface area contributed by atoms with Crippen molar-refractivity contribution in [1.29, 1.82) is 0 Å². The van der Waals surface area contributed by atoms with Gasteiger partial charge in [-0.05, 0) is 44.2 Å². The number of carbonyl (C=O) groups excluding carboxylic acids is 1. The van der Waals surface area contributed by atoms with Crippen LogP contribution >= 0.6 is 23.4 Å². The van der Waals surface area contributed by atoms with E-state index >= 15 is 0 Å². The van der Waals surface area contributed by atoms with Gasteiger partial charge in [0.1, 0.15) is 5.88 Å². The lowest BCUT2D eigenvalue weighted by molar-refractivity contribution is -0.120. The number of alkyl halides is 1. The zero-order valence-corrected chi connectivity index (χ0v) is 12.0. The number of hydrogen-bond donors (Lipinski definition) is 1. The third kappa shape index (κ3) is 5.00. The average molecular weight is 272 g/mol. The van der Waals surface area contributed by atoms with Gasteiger partial charge in [-0.25, -0.2) is 0 Å². The number of amides is 1. The molecular formula is C13H18ClNOS. The smallest absolute Gasteiger partial charge is 0.235 e. The summed E-state index contributed by atoms with van der Waals surface area (Å²) in [5.74, 6) is -0.119. The van der Waals surface area contributed by atoms with Gasteiger partial charge in [0.05, 0.1) is 0 Å². The number of nitrogens with one attached hydrogen (secondary N) is 1. The van der Waals surface area contributed by atoms with Gasteiger partial charge in [-0.2, -0.15) is 0 Å². The van der Waals surface area contributed by atoms with Crippen molar-refractivity contribution >= 4 is 29.3 Å². The number of carbonyl (C=O) groups is 1. The van der Waals surface area contributed by atoms with Crippen LogP contribution in [0.5, 0.6) is 0 Å². The van der Waals surface area contributed by atoms with E-state index in [1.807, 2.05) is 19.9 Å². The van der Waals surface area contributed by atoms with Gasteiger partial charge in [0.25, 0.3) is 0 Å².